The first-order chi connectivity index (χ1) is 6.33. The molecule has 0 atom stereocenters. The fraction of sp³-hybridized carbons (Fsp3) is 0.444. The van der Waals surface area contributed by atoms with E-state index in [0.29, 0.717) is 6.26 Å². The molecular weight excluding hydrogens is 202 g/mol. The molecule has 4 nitrogen and oxygen atoms in total. The van der Waals surface area contributed by atoms with Crippen LogP contribution in [0.3, 0.4) is 0 Å². The summed E-state index contributed by atoms with van der Waals surface area (Å²) in [5, 5.41) is 0. The van der Waals surface area contributed by atoms with E-state index in [0.717, 1.165) is 6.54 Å². The van der Waals surface area contributed by atoms with Gasteiger partial charge in [-0.25, -0.2) is 4.57 Å². The van der Waals surface area contributed by atoms with Crippen molar-refractivity contribution in [3.05, 3.63) is 30.1 Å². The number of hydrogen-bond acceptors (Lipinski definition) is 2. The Kier molecular flexibility index (Phi) is 5.34. The number of aromatic nitrogens is 1. The Morgan fingerprint density at radius 2 is 2.00 bits per heavy atom. The molecule has 1 aromatic heterocycles. The third-order valence-corrected chi connectivity index (χ3v) is 1.37. The van der Waals surface area contributed by atoms with E-state index in [1.165, 1.54) is 5.56 Å². The summed E-state index contributed by atoms with van der Waals surface area (Å²) >= 11 is 0. The Bertz CT molecular complexity index is 365. The van der Waals surface area contributed by atoms with Crippen LogP contribution in [-0.2, 0) is 16.7 Å². The van der Waals surface area contributed by atoms with Crippen LogP contribution in [0.15, 0.2) is 24.5 Å². The molecule has 0 unspecified atom stereocenters. The van der Waals surface area contributed by atoms with Gasteiger partial charge in [0.25, 0.3) is 10.1 Å². The molecule has 0 bridgehead atoms. The molecule has 0 aliphatic carbocycles. The van der Waals surface area contributed by atoms with Crippen molar-refractivity contribution in [3.8, 4) is 0 Å². The largest absolute Gasteiger partial charge is 0.286 e. The summed E-state index contributed by atoms with van der Waals surface area (Å²) < 4.78 is 28.0. The zero-order valence-corrected chi connectivity index (χ0v) is 9.45. The Hall–Kier alpha value is -0.940. The fourth-order valence-electron chi connectivity index (χ4n) is 0.850. The Labute approximate surface area is 85.0 Å². The van der Waals surface area contributed by atoms with Gasteiger partial charge in [-0.1, -0.05) is 0 Å². The van der Waals surface area contributed by atoms with E-state index in [9.17, 15) is 8.42 Å². The number of nitrogens with zero attached hydrogens (tertiary/aromatic N) is 1. The maximum atomic E-state index is 9.19. The van der Waals surface area contributed by atoms with Crippen LogP contribution in [0.5, 0.6) is 0 Å². The second-order valence-corrected chi connectivity index (χ2v) is 4.41. The first-order valence-electron chi connectivity index (χ1n) is 4.21. The molecule has 1 N–H and O–H groups in total. The van der Waals surface area contributed by atoms with Crippen molar-refractivity contribution in [2.45, 2.75) is 20.4 Å². The van der Waals surface area contributed by atoms with Crippen molar-refractivity contribution in [1.82, 2.24) is 0 Å². The smallest absolute Gasteiger partial charge is 0.261 e. The number of aryl methyl sites for hydroxylation is 2. The van der Waals surface area contributed by atoms with Crippen LogP contribution in [0.1, 0.15) is 12.5 Å². The van der Waals surface area contributed by atoms with E-state index in [2.05, 4.69) is 42.9 Å². The number of pyridine rings is 1. The highest BCUT2D eigenvalue weighted by Crippen LogP contribution is 1.88. The molecule has 0 aliphatic heterocycles. The molecule has 0 aromatic carbocycles. The molecule has 0 radical (unpaired) electrons. The quantitative estimate of drug-likeness (QED) is 0.560. The van der Waals surface area contributed by atoms with E-state index < -0.39 is 10.1 Å². The van der Waals surface area contributed by atoms with E-state index in [1.54, 1.807) is 0 Å². The minimum Gasteiger partial charge on any atom is -0.286 e. The van der Waals surface area contributed by atoms with Crippen molar-refractivity contribution in [2.24, 2.45) is 0 Å². The third-order valence-electron chi connectivity index (χ3n) is 1.37. The third kappa shape index (κ3) is 9.15. The predicted octanol–water partition coefficient (Wildman–Crippen LogP) is 0.806. The Balaban J connectivity index is 0.000000292. The minimum atomic E-state index is -3.67. The summed E-state index contributed by atoms with van der Waals surface area (Å²) in [7, 11) is -3.67. The van der Waals surface area contributed by atoms with Gasteiger partial charge in [-0.15, -0.1) is 0 Å². The van der Waals surface area contributed by atoms with E-state index in [4.69, 9.17) is 4.55 Å². The lowest BCUT2D eigenvalue weighted by Crippen LogP contribution is -2.30. The van der Waals surface area contributed by atoms with Crippen molar-refractivity contribution in [2.75, 3.05) is 6.26 Å². The zero-order valence-electron chi connectivity index (χ0n) is 8.64. The van der Waals surface area contributed by atoms with Crippen LogP contribution >= 0.6 is 0 Å². The van der Waals surface area contributed by atoms with Gasteiger partial charge >= 0.3 is 0 Å². The van der Waals surface area contributed by atoms with E-state index >= 15 is 0 Å². The van der Waals surface area contributed by atoms with Crippen molar-refractivity contribution in [1.29, 1.82) is 0 Å². The van der Waals surface area contributed by atoms with Crippen molar-refractivity contribution < 1.29 is 17.5 Å². The highest BCUT2D eigenvalue weighted by atomic mass is 32.2. The standard InChI is InChI=1S/C8H12N.CH4O3S/c1-3-9-6-4-5-8(2)7-9;1-5(2,3)4/h4-7H,3H2,1-2H3;1H3,(H,2,3,4)/q+1;. The monoisotopic (exact) mass is 218 g/mol. The molecule has 0 saturated heterocycles. The first-order valence-corrected chi connectivity index (χ1v) is 6.06. The molecule has 0 saturated carbocycles. The summed E-state index contributed by atoms with van der Waals surface area (Å²) in [6.07, 6.45) is 4.93. The molecule has 0 spiro atoms. The summed E-state index contributed by atoms with van der Waals surface area (Å²) in [5.74, 6) is 0. The molecule has 0 aliphatic rings. The first kappa shape index (κ1) is 13.1. The molecule has 14 heavy (non-hydrogen) atoms. The Morgan fingerprint density at radius 1 is 1.50 bits per heavy atom. The van der Waals surface area contributed by atoms with Gasteiger partial charge in [0.1, 0.15) is 6.54 Å². The van der Waals surface area contributed by atoms with Gasteiger partial charge in [0, 0.05) is 11.6 Å². The SMILES string of the molecule is CC[n+]1cccc(C)c1.CS(=O)(=O)O. The van der Waals surface area contributed by atoms with Gasteiger partial charge in [-0.05, 0) is 19.9 Å². The molecule has 0 amide bonds. The summed E-state index contributed by atoms with van der Waals surface area (Å²) in [6.45, 7) is 5.30. The number of hydrogen-bond donors (Lipinski definition) is 1. The summed E-state index contributed by atoms with van der Waals surface area (Å²) in [5.41, 5.74) is 1.32. The van der Waals surface area contributed by atoms with E-state index in [-0.39, 0.29) is 0 Å². The normalized spacial score (nSPS) is 10.3. The second-order valence-electron chi connectivity index (χ2n) is 2.94. The Morgan fingerprint density at radius 3 is 2.29 bits per heavy atom. The average Bonchev–Trinajstić information content (AvgIpc) is 2.01. The zero-order chi connectivity index (χ0) is 11.2. The highest BCUT2D eigenvalue weighted by Gasteiger charge is 1.92. The lowest BCUT2D eigenvalue weighted by Gasteiger charge is -1.90. The topological polar surface area (TPSA) is 58.2 Å². The molecule has 1 rings (SSSR count). The molecule has 5 heteroatoms. The molecule has 80 valence electrons. The van der Waals surface area contributed by atoms with Gasteiger partial charge in [0.15, 0.2) is 12.4 Å². The van der Waals surface area contributed by atoms with Gasteiger partial charge in [-0.2, -0.15) is 8.42 Å². The van der Waals surface area contributed by atoms with Gasteiger partial charge in [-0.3, -0.25) is 4.55 Å². The van der Waals surface area contributed by atoms with Gasteiger partial charge in [0.05, 0.1) is 6.26 Å². The van der Waals surface area contributed by atoms with Crippen LogP contribution in [-0.4, -0.2) is 19.2 Å². The average molecular weight is 218 g/mol. The van der Waals surface area contributed by atoms with Crippen LogP contribution in [0.25, 0.3) is 0 Å². The van der Waals surface area contributed by atoms with Crippen LogP contribution in [0.2, 0.25) is 0 Å². The summed E-state index contributed by atoms with van der Waals surface area (Å²) in [6, 6.07) is 4.17. The van der Waals surface area contributed by atoms with Crippen molar-refractivity contribution in [3.63, 3.8) is 0 Å². The molecule has 0 fully saturated rings. The highest BCUT2D eigenvalue weighted by molar-refractivity contribution is 7.85. The molecular formula is C9H16NO3S+. The maximum absolute atomic E-state index is 9.19. The van der Waals surface area contributed by atoms with Crippen LogP contribution in [0, 0.1) is 6.92 Å². The van der Waals surface area contributed by atoms with Crippen LogP contribution in [0.4, 0.5) is 0 Å². The fourth-order valence-corrected chi connectivity index (χ4v) is 0.850. The van der Waals surface area contributed by atoms with Crippen LogP contribution < -0.4 is 4.57 Å². The second kappa shape index (κ2) is 5.72. The lowest BCUT2D eigenvalue weighted by molar-refractivity contribution is -0.693. The van der Waals surface area contributed by atoms with E-state index in [1.807, 2.05) is 0 Å². The van der Waals surface area contributed by atoms with Crippen molar-refractivity contribution >= 4 is 10.1 Å². The maximum Gasteiger partial charge on any atom is 0.261 e. The minimum absolute atomic E-state index is 0.715. The molecule has 1 heterocycles. The number of rotatable bonds is 1. The summed E-state index contributed by atoms with van der Waals surface area (Å²) in [4.78, 5) is 0. The predicted molar refractivity (Wildman–Crippen MR) is 54.5 cm³/mol. The van der Waals surface area contributed by atoms with Gasteiger partial charge < -0.3 is 0 Å². The van der Waals surface area contributed by atoms with Gasteiger partial charge in [0.2, 0.25) is 0 Å². The lowest BCUT2D eigenvalue weighted by atomic mass is 10.3. The molecule has 1 aromatic rings.